The number of hydrogen-bond acceptors (Lipinski definition) is 4. The van der Waals surface area contributed by atoms with Gasteiger partial charge in [0.2, 0.25) is 5.88 Å². The highest BCUT2D eigenvalue weighted by Gasteiger charge is 2.21. The Morgan fingerprint density at radius 1 is 1.00 bits per heavy atom. The maximum absolute atomic E-state index is 12.6. The van der Waals surface area contributed by atoms with Crippen molar-refractivity contribution < 1.29 is 19.8 Å². The normalized spacial score (nSPS) is 12.7. The number of rotatable bonds is 8. The van der Waals surface area contributed by atoms with E-state index in [-0.39, 0.29) is 23.4 Å². The van der Waals surface area contributed by atoms with E-state index >= 15 is 0 Å². The molecule has 3 aromatic rings. The van der Waals surface area contributed by atoms with Gasteiger partial charge in [-0.25, -0.2) is 4.98 Å². The summed E-state index contributed by atoms with van der Waals surface area (Å²) in [4.78, 5) is 27.6. The van der Waals surface area contributed by atoms with Crippen LogP contribution in [-0.4, -0.2) is 33.1 Å². The molecule has 0 radical (unpaired) electrons. The average molecular weight is 404 g/mol. The Labute approximate surface area is 175 Å². The topological polar surface area (TPSA) is 99.5 Å². The van der Waals surface area contributed by atoms with Crippen LogP contribution in [0.25, 0.3) is 11.1 Å². The Balaban J connectivity index is 1.75. The van der Waals surface area contributed by atoms with Crippen molar-refractivity contribution in [1.29, 1.82) is 0 Å². The number of amides is 1. The maximum Gasteiger partial charge on any atom is 0.306 e. The van der Waals surface area contributed by atoms with Crippen molar-refractivity contribution in [2.45, 2.75) is 25.8 Å². The van der Waals surface area contributed by atoms with Gasteiger partial charge in [0.1, 0.15) is 0 Å². The van der Waals surface area contributed by atoms with Gasteiger partial charge in [-0.05, 0) is 35.6 Å². The molecule has 2 atom stereocenters. The first kappa shape index (κ1) is 21.0. The molecule has 1 amide bonds. The lowest BCUT2D eigenvalue weighted by atomic mass is 9.94. The summed E-state index contributed by atoms with van der Waals surface area (Å²) < 4.78 is 0. The highest BCUT2D eigenvalue weighted by atomic mass is 16.4. The molecule has 0 saturated carbocycles. The molecule has 0 saturated heterocycles. The fraction of sp³-hybridized carbons (Fsp3) is 0.208. The fourth-order valence-corrected chi connectivity index (χ4v) is 3.30. The first-order valence-electron chi connectivity index (χ1n) is 9.75. The molecule has 3 N–H and O–H groups in total. The van der Waals surface area contributed by atoms with Crippen LogP contribution in [0.2, 0.25) is 0 Å². The van der Waals surface area contributed by atoms with E-state index in [2.05, 4.69) is 10.3 Å². The van der Waals surface area contributed by atoms with Crippen LogP contribution in [0.1, 0.15) is 29.3 Å². The number of nitrogens with one attached hydrogen (secondary N) is 1. The van der Waals surface area contributed by atoms with Crippen LogP contribution in [0.4, 0.5) is 0 Å². The minimum atomic E-state index is -0.907. The summed E-state index contributed by atoms with van der Waals surface area (Å²) in [6.07, 6.45) is 2.13. The van der Waals surface area contributed by atoms with E-state index in [0.29, 0.717) is 12.8 Å². The molecular weight excluding hydrogens is 380 g/mol. The molecule has 0 spiro atoms. The van der Waals surface area contributed by atoms with Gasteiger partial charge in [0.15, 0.2) is 0 Å². The van der Waals surface area contributed by atoms with Crippen LogP contribution in [0.5, 0.6) is 5.88 Å². The van der Waals surface area contributed by atoms with Crippen molar-refractivity contribution in [2.75, 3.05) is 0 Å². The first-order valence-corrected chi connectivity index (χ1v) is 9.75. The second kappa shape index (κ2) is 9.69. The molecule has 2 aromatic carbocycles. The van der Waals surface area contributed by atoms with Gasteiger partial charge < -0.3 is 15.5 Å². The Morgan fingerprint density at radius 2 is 1.67 bits per heavy atom. The number of pyridine rings is 1. The Bertz CT molecular complexity index is 1000. The van der Waals surface area contributed by atoms with Crippen LogP contribution >= 0.6 is 0 Å². The third-order valence-electron chi connectivity index (χ3n) is 4.95. The lowest BCUT2D eigenvalue weighted by Gasteiger charge is -2.21. The van der Waals surface area contributed by atoms with Crippen molar-refractivity contribution >= 4 is 11.9 Å². The monoisotopic (exact) mass is 404 g/mol. The van der Waals surface area contributed by atoms with E-state index in [1.807, 2.05) is 54.6 Å². The largest absolute Gasteiger partial charge is 0.493 e. The Morgan fingerprint density at radius 3 is 2.30 bits per heavy atom. The smallest absolute Gasteiger partial charge is 0.306 e. The van der Waals surface area contributed by atoms with E-state index in [1.54, 1.807) is 6.92 Å². The summed E-state index contributed by atoms with van der Waals surface area (Å²) >= 11 is 0. The number of nitrogens with zero attached hydrogens (tertiary/aromatic N) is 1. The van der Waals surface area contributed by atoms with Gasteiger partial charge in [-0.3, -0.25) is 9.59 Å². The molecule has 154 valence electrons. The number of carboxylic acids is 1. The standard InChI is InChI=1S/C24H24N2O4/c1-16(24(29)30)13-21(26-23(28)20-11-12-25-22(27)15-20)14-17-7-9-19(10-8-17)18-5-3-2-4-6-18/h2-12,15-16,21H,13-14H2,1H3,(H,25,27)(H,26,28)(H,29,30). The van der Waals surface area contributed by atoms with Gasteiger partial charge in [0.25, 0.3) is 5.91 Å². The summed E-state index contributed by atoms with van der Waals surface area (Å²) in [6.45, 7) is 1.62. The number of hydrogen-bond donors (Lipinski definition) is 3. The molecule has 6 nitrogen and oxygen atoms in total. The van der Waals surface area contributed by atoms with Gasteiger partial charge in [-0.2, -0.15) is 0 Å². The number of aromatic hydroxyl groups is 1. The predicted octanol–water partition coefficient (Wildman–Crippen LogP) is 3.91. The van der Waals surface area contributed by atoms with Crippen molar-refractivity contribution in [2.24, 2.45) is 5.92 Å². The van der Waals surface area contributed by atoms with Crippen molar-refractivity contribution in [3.63, 3.8) is 0 Å². The van der Waals surface area contributed by atoms with E-state index in [9.17, 15) is 19.8 Å². The minimum absolute atomic E-state index is 0.241. The predicted molar refractivity (Wildman–Crippen MR) is 114 cm³/mol. The van der Waals surface area contributed by atoms with Crippen LogP contribution in [-0.2, 0) is 11.2 Å². The summed E-state index contributed by atoms with van der Waals surface area (Å²) in [6, 6.07) is 20.4. The molecule has 2 unspecified atom stereocenters. The SMILES string of the molecule is CC(CC(Cc1ccc(-c2ccccc2)cc1)NC(=O)c1ccnc(O)c1)C(=O)O. The number of aliphatic carboxylic acids is 1. The second-order valence-electron chi connectivity index (χ2n) is 7.32. The zero-order valence-corrected chi connectivity index (χ0v) is 16.7. The van der Waals surface area contributed by atoms with Gasteiger partial charge in [0, 0.05) is 23.9 Å². The number of benzene rings is 2. The van der Waals surface area contributed by atoms with E-state index in [0.717, 1.165) is 16.7 Å². The van der Waals surface area contributed by atoms with Crippen LogP contribution in [0.3, 0.4) is 0 Å². The third-order valence-corrected chi connectivity index (χ3v) is 4.95. The fourth-order valence-electron chi connectivity index (χ4n) is 3.30. The zero-order chi connectivity index (χ0) is 21.5. The van der Waals surface area contributed by atoms with E-state index < -0.39 is 11.9 Å². The highest BCUT2D eigenvalue weighted by Crippen LogP contribution is 2.21. The lowest BCUT2D eigenvalue weighted by molar-refractivity contribution is -0.141. The van der Waals surface area contributed by atoms with Gasteiger partial charge in [0.05, 0.1) is 5.92 Å². The van der Waals surface area contributed by atoms with Crippen LogP contribution in [0.15, 0.2) is 72.9 Å². The van der Waals surface area contributed by atoms with Crippen molar-refractivity contribution in [3.05, 3.63) is 84.1 Å². The summed E-state index contributed by atoms with van der Waals surface area (Å²) in [7, 11) is 0. The molecule has 0 aliphatic heterocycles. The lowest BCUT2D eigenvalue weighted by Crippen LogP contribution is -2.38. The zero-order valence-electron chi connectivity index (χ0n) is 16.7. The molecule has 6 heteroatoms. The van der Waals surface area contributed by atoms with Gasteiger partial charge in [-0.15, -0.1) is 0 Å². The molecule has 0 fully saturated rings. The highest BCUT2D eigenvalue weighted by molar-refractivity contribution is 5.94. The summed E-state index contributed by atoms with van der Waals surface area (Å²) in [5, 5.41) is 21.7. The van der Waals surface area contributed by atoms with Crippen molar-refractivity contribution in [3.8, 4) is 17.0 Å². The maximum atomic E-state index is 12.6. The number of carbonyl (C=O) groups excluding carboxylic acids is 1. The second-order valence-corrected chi connectivity index (χ2v) is 7.32. The molecule has 0 aliphatic rings. The molecule has 3 rings (SSSR count). The Kier molecular flexibility index (Phi) is 6.80. The summed E-state index contributed by atoms with van der Waals surface area (Å²) in [5.74, 6) is -2.13. The first-order chi connectivity index (χ1) is 14.4. The molecule has 0 bridgehead atoms. The van der Waals surface area contributed by atoms with Crippen LogP contribution < -0.4 is 5.32 Å². The van der Waals surface area contributed by atoms with Gasteiger partial charge in [-0.1, -0.05) is 61.5 Å². The third kappa shape index (κ3) is 5.67. The molecule has 1 heterocycles. The van der Waals surface area contributed by atoms with Crippen LogP contribution in [0, 0.1) is 5.92 Å². The summed E-state index contributed by atoms with van der Waals surface area (Å²) in [5.41, 5.74) is 3.47. The molecular formula is C24H24N2O4. The minimum Gasteiger partial charge on any atom is -0.493 e. The van der Waals surface area contributed by atoms with Gasteiger partial charge >= 0.3 is 5.97 Å². The van der Waals surface area contributed by atoms with E-state index in [4.69, 9.17) is 0 Å². The Hall–Kier alpha value is -3.67. The molecule has 30 heavy (non-hydrogen) atoms. The van der Waals surface area contributed by atoms with Crippen molar-refractivity contribution in [1.82, 2.24) is 10.3 Å². The number of carbonyl (C=O) groups is 2. The molecule has 0 aliphatic carbocycles. The quantitative estimate of drug-likeness (QED) is 0.529. The molecule has 1 aromatic heterocycles. The number of carboxylic acid groups (broad SMARTS) is 1. The van der Waals surface area contributed by atoms with E-state index in [1.165, 1.54) is 18.3 Å². The number of aromatic nitrogens is 1. The average Bonchev–Trinajstić information content (AvgIpc) is 2.74.